The molecule has 6 heteroatoms. The topological polar surface area (TPSA) is 78.9 Å². The van der Waals surface area contributed by atoms with Crippen LogP contribution in [0.15, 0.2) is 60.8 Å². The Hall–Kier alpha value is -2.89. The smallest absolute Gasteiger partial charge is 0.306 e. The highest BCUT2D eigenvalue weighted by molar-refractivity contribution is 5.71. The lowest BCUT2D eigenvalue weighted by Crippen LogP contribution is -2.30. The highest BCUT2D eigenvalue weighted by Gasteiger charge is 2.19. The molecule has 0 aromatic carbocycles. The summed E-state index contributed by atoms with van der Waals surface area (Å²) in [5.74, 6) is -0.935. The molecule has 358 valence electrons. The molecule has 0 amide bonds. The van der Waals surface area contributed by atoms with Gasteiger partial charge in [-0.3, -0.25) is 14.4 Å². The van der Waals surface area contributed by atoms with Gasteiger partial charge in [-0.1, -0.05) is 204 Å². The number of carbonyl (C=O) groups excluding carboxylic acids is 3. The lowest BCUT2D eigenvalue weighted by Gasteiger charge is -2.18. The normalized spacial score (nSPS) is 12.5. The van der Waals surface area contributed by atoms with E-state index in [0.717, 1.165) is 83.5 Å². The molecule has 0 bridgehead atoms. The van der Waals surface area contributed by atoms with E-state index in [2.05, 4.69) is 81.5 Å². The van der Waals surface area contributed by atoms with Gasteiger partial charge in [0.25, 0.3) is 0 Å². The van der Waals surface area contributed by atoms with E-state index in [9.17, 15) is 14.4 Å². The molecule has 0 fully saturated rings. The Morgan fingerprint density at radius 1 is 0.339 bits per heavy atom. The minimum Gasteiger partial charge on any atom is -0.462 e. The van der Waals surface area contributed by atoms with Gasteiger partial charge in [0.2, 0.25) is 0 Å². The van der Waals surface area contributed by atoms with E-state index in [1.807, 2.05) is 0 Å². The molecule has 6 nitrogen and oxygen atoms in total. The van der Waals surface area contributed by atoms with Gasteiger partial charge in [0.1, 0.15) is 13.2 Å². The summed E-state index contributed by atoms with van der Waals surface area (Å²) in [6.45, 7) is 6.46. The summed E-state index contributed by atoms with van der Waals surface area (Å²) in [7, 11) is 0. The van der Waals surface area contributed by atoms with Crippen LogP contribution in [0, 0.1) is 0 Å². The Morgan fingerprint density at radius 3 is 1.08 bits per heavy atom. The van der Waals surface area contributed by atoms with Crippen molar-refractivity contribution in [2.45, 2.75) is 264 Å². The summed E-state index contributed by atoms with van der Waals surface area (Å²) in [5, 5.41) is 0. The van der Waals surface area contributed by atoms with Crippen molar-refractivity contribution in [1.82, 2.24) is 0 Å². The standard InChI is InChI=1S/C56H98O6/c1-4-7-10-13-16-19-21-23-25-27-28-29-31-32-34-37-40-43-46-49-55(58)61-52-53(51-60-54(57)48-45-42-39-36-18-15-12-9-6-3)62-56(59)50-47-44-41-38-35-33-30-26-24-22-20-17-14-11-8-5-2/h7,10,16,19,23,25-26,30,36,39,53H,4-6,8-9,11-15,17-18,20-22,24,27-29,31-35,37-38,40-52H2,1-3H3/b10-7-,19-16-,25-23-,30-26-,39-36-. The summed E-state index contributed by atoms with van der Waals surface area (Å²) in [6, 6.07) is 0. The maximum atomic E-state index is 12.8. The molecule has 62 heavy (non-hydrogen) atoms. The zero-order chi connectivity index (χ0) is 45.1. The molecule has 0 aliphatic rings. The summed E-state index contributed by atoms with van der Waals surface area (Å²) in [6.07, 6.45) is 62.2. The average Bonchev–Trinajstić information content (AvgIpc) is 3.27. The van der Waals surface area contributed by atoms with E-state index < -0.39 is 6.10 Å². The van der Waals surface area contributed by atoms with Gasteiger partial charge in [-0.2, -0.15) is 0 Å². The molecule has 0 aromatic rings. The van der Waals surface area contributed by atoms with E-state index in [4.69, 9.17) is 14.2 Å². The average molecular weight is 867 g/mol. The van der Waals surface area contributed by atoms with Crippen molar-refractivity contribution < 1.29 is 28.6 Å². The summed E-state index contributed by atoms with van der Waals surface area (Å²) >= 11 is 0. The largest absolute Gasteiger partial charge is 0.462 e. The van der Waals surface area contributed by atoms with Crippen LogP contribution in [0.4, 0.5) is 0 Å². The van der Waals surface area contributed by atoms with Gasteiger partial charge in [-0.15, -0.1) is 0 Å². The third-order valence-electron chi connectivity index (χ3n) is 11.2. The van der Waals surface area contributed by atoms with Crippen molar-refractivity contribution in [3.05, 3.63) is 60.8 Å². The van der Waals surface area contributed by atoms with Crippen LogP contribution in [-0.2, 0) is 28.6 Å². The highest BCUT2D eigenvalue weighted by Crippen LogP contribution is 2.14. The van der Waals surface area contributed by atoms with Gasteiger partial charge in [0.15, 0.2) is 6.10 Å². The van der Waals surface area contributed by atoms with Crippen molar-refractivity contribution in [3.63, 3.8) is 0 Å². The van der Waals surface area contributed by atoms with Crippen molar-refractivity contribution in [1.29, 1.82) is 0 Å². The fourth-order valence-corrected chi connectivity index (χ4v) is 7.28. The molecule has 0 heterocycles. The molecule has 0 rings (SSSR count). The van der Waals surface area contributed by atoms with Crippen LogP contribution in [-0.4, -0.2) is 37.2 Å². The Kier molecular flexibility index (Phi) is 48.4. The lowest BCUT2D eigenvalue weighted by atomic mass is 10.1. The fourth-order valence-electron chi connectivity index (χ4n) is 7.28. The van der Waals surface area contributed by atoms with Crippen LogP contribution in [0.3, 0.4) is 0 Å². The monoisotopic (exact) mass is 867 g/mol. The Balaban J connectivity index is 4.33. The zero-order valence-electron chi connectivity index (χ0n) is 40.9. The molecular formula is C56H98O6. The molecule has 0 saturated heterocycles. The van der Waals surface area contributed by atoms with Gasteiger partial charge in [0, 0.05) is 19.3 Å². The summed E-state index contributed by atoms with van der Waals surface area (Å²) in [5.41, 5.74) is 0. The van der Waals surface area contributed by atoms with Gasteiger partial charge in [-0.05, 0) is 96.3 Å². The van der Waals surface area contributed by atoms with Gasteiger partial charge in [-0.25, -0.2) is 0 Å². The molecule has 0 saturated carbocycles. The van der Waals surface area contributed by atoms with Gasteiger partial charge >= 0.3 is 17.9 Å². The maximum absolute atomic E-state index is 12.8. The first-order chi connectivity index (χ1) is 30.5. The van der Waals surface area contributed by atoms with Crippen molar-refractivity contribution >= 4 is 17.9 Å². The van der Waals surface area contributed by atoms with Crippen molar-refractivity contribution in [3.8, 4) is 0 Å². The predicted molar refractivity (Wildman–Crippen MR) is 265 cm³/mol. The fraction of sp³-hybridized carbons (Fsp3) is 0.768. The molecule has 1 unspecified atom stereocenters. The van der Waals surface area contributed by atoms with Crippen LogP contribution < -0.4 is 0 Å². The molecule has 0 aliphatic carbocycles. The number of rotatable bonds is 47. The second-order valence-corrected chi connectivity index (χ2v) is 17.4. The number of esters is 3. The first-order valence-electron chi connectivity index (χ1n) is 26.3. The molecule has 0 N–H and O–H groups in total. The first-order valence-corrected chi connectivity index (χ1v) is 26.3. The van der Waals surface area contributed by atoms with Gasteiger partial charge < -0.3 is 14.2 Å². The lowest BCUT2D eigenvalue weighted by molar-refractivity contribution is -0.167. The molecule has 0 spiro atoms. The number of carbonyl (C=O) groups is 3. The van der Waals surface area contributed by atoms with Crippen LogP contribution in [0.1, 0.15) is 258 Å². The maximum Gasteiger partial charge on any atom is 0.306 e. The number of hydrogen-bond acceptors (Lipinski definition) is 6. The first kappa shape index (κ1) is 59.1. The van der Waals surface area contributed by atoms with Crippen molar-refractivity contribution in [2.24, 2.45) is 0 Å². The van der Waals surface area contributed by atoms with Crippen LogP contribution in [0.2, 0.25) is 0 Å². The summed E-state index contributed by atoms with van der Waals surface area (Å²) in [4.78, 5) is 37.9. The molecular weight excluding hydrogens is 769 g/mol. The highest BCUT2D eigenvalue weighted by atomic mass is 16.6. The van der Waals surface area contributed by atoms with E-state index in [0.29, 0.717) is 25.7 Å². The molecule has 0 radical (unpaired) electrons. The quantitative estimate of drug-likeness (QED) is 0.0262. The number of ether oxygens (including phenoxy) is 3. The van der Waals surface area contributed by atoms with E-state index in [-0.39, 0.29) is 31.1 Å². The second-order valence-electron chi connectivity index (χ2n) is 17.4. The Bertz CT molecular complexity index is 1130. The second kappa shape index (κ2) is 50.8. The molecule has 1 atom stereocenters. The number of hydrogen-bond donors (Lipinski definition) is 0. The van der Waals surface area contributed by atoms with Gasteiger partial charge in [0.05, 0.1) is 0 Å². The predicted octanol–water partition coefficient (Wildman–Crippen LogP) is 17.3. The van der Waals surface area contributed by atoms with E-state index in [1.165, 1.54) is 128 Å². The van der Waals surface area contributed by atoms with Crippen LogP contribution in [0.25, 0.3) is 0 Å². The Labute approximate surface area is 383 Å². The minimum atomic E-state index is -0.789. The zero-order valence-corrected chi connectivity index (χ0v) is 40.9. The van der Waals surface area contributed by atoms with Crippen LogP contribution >= 0.6 is 0 Å². The molecule has 0 aliphatic heterocycles. The van der Waals surface area contributed by atoms with Crippen LogP contribution in [0.5, 0.6) is 0 Å². The van der Waals surface area contributed by atoms with Crippen molar-refractivity contribution in [2.75, 3.05) is 13.2 Å². The molecule has 0 aromatic heterocycles. The number of allylic oxidation sites excluding steroid dienone is 10. The Morgan fingerprint density at radius 2 is 0.645 bits per heavy atom. The van der Waals surface area contributed by atoms with E-state index >= 15 is 0 Å². The van der Waals surface area contributed by atoms with E-state index in [1.54, 1.807) is 0 Å². The number of unbranched alkanes of at least 4 members (excludes halogenated alkanes) is 26. The minimum absolute atomic E-state index is 0.0884. The SMILES string of the molecule is CC/C=C\C/C=C\C/C=C\CCCCCCCCCCCC(=O)OCC(COC(=O)CCC/C=C\CCCCCC)OC(=O)CCCCCCC/C=C\CCCCCCCCC. The third-order valence-corrected chi connectivity index (χ3v) is 11.2. The third kappa shape index (κ3) is 48.1. The summed E-state index contributed by atoms with van der Waals surface area (Å²) < 4.78 is 16.7.